The number of hydrogen-bond donors (Lipinski definition) is 1. The van der Waals surface area contributed by atoms with E-state index in [1.54, 1.807) is 19.3 Å². The highest BCUT2D eigenvalue weighted by Crippen LogP contribution is 2.20. The molecule has 0 saturated carbocycles. The Hall–Kier alpha value is -1.81. The monoisotopic (exact) mass is 250 g/mol. The van der Waals surface area contributed by atoms with Crippen LogP contribution in [0, 0.1) is 0 Å². The first-order valence-electron chi connectivity index (χ1n) is 5.83. The van der Waals surface area contributed by atoms with E-state index in [2.05, 4.69) is 0 Å². The number of aliphatic carboxylic acids is 1. The summed E-state index contributed by atoms with van der Waals surface area (Å²) in [5.41, 5.74) is 1.75. The Balaban J connectivity index is 2.89. The van der Waals surface area contributed by atoms with Crippen molar-refractivity contribution in [2.24, 2.45) is 0 Å². The SMILES string of the molecule is CCCOCc1cc(OC)ccc1C=CC(=O)O. The summed E-state index contributed by atoms with van der Waals surface area (Å²) in [5, 5.41) is 8.64. The second-order valence-electron chi connectivity index (χ2n) is 3.79. The summed E-state index contributed by atoms with van der Waals surface area (Å²) < 4.78 is 10.6. The Kier molecular flexibility index (Phi) is 5.94. The van der Waals surface area contributed by atoms with E-state index < -0.39 is 5.97 Å². The van der Waals surface area contributed by atoms with E-state index in [-0.39, 0.29) is 0 Å². The highest BCUT2D eigenvalue weighted by Gasteiger charge is 2.03. The number of benzene rings is 1. The van der Waals surface area contributed by atoms with Crippen LogP contribution in [0.1, 0.15) is 24.5 Å². The molecule has 0 aromatic heterocycles. The molecule has 0 radical (unpaired) electrons. The molecule has 0 atom stereocenters. The number of carboxylic acid groups (broad SMARTS) is 1. The molecule has 0 saturated heterocycles. The van der Waals surface area contributed by atoms with Gasteiger partial charge in [-0.1, -0.05) is 13.0 Å². The molecule has 0 fully saturated rings. The number of ether oxygens (including phenoxy) is 2. The quantitative estimate of drug-likeness (QED) is 0.597. The lowest BCUT2D eigenvalue weighted by molar-refractivity contribution is -0.131. The van der Waals surface area contributed by atoms with Crippen LogP contribution in [0.2, 0.25) is 0 Å². The van der Waals surface area contributed by atoms with Crippen molar-refractivity contribution in [2.75, 3.05) is 13.7 Å². The van der Waals surface area contributed by atoms with Gasteiger partial charge in [0.15, 0.2) is 0 Å². The lowest BCUT2D eigenvalue weighted by atomic mass is 10.1. The summed E-state index contributed by atoms with van der Waals surface area (Å²) in [7, 11) is 1.60. The average molecular weight is 250 g/mol. The van der Waals surface area contributed by atoms with Gasteiger partial charge < -0.3 is 14.6 Å². The van der Waals surface area contributed by atoms with Crippen LogP contribution in [0.3, 0.4) is 0 Å². The number of hydrogen-bond acceptors (Lipinski definition) is 3. The van der Waals surface area contributed by atoms with Crippen LogP contribution in [0.5, 0.6) is 5.75 Å². The summed E-state index contributed by atoms with van der Waals surface area (Å²) in [4.78, 5) is 10.5. The molecule has 1 rings (SSSR count). The average Bonchev–Trinajstić information content (AvgIpc) is 2.37. The van der Waals surface area contributed by atoms with Crippen LogP contribution in [-0.4, -0.2) is 24.8 Å². The maximum atomic E-state index is 10.5. The molecule has 0 aliphatic carbocycles. The molecule has 98 valence electrons. The molecule has 1 aromatic rings. The summed E-state index contributed by atoms with van der Waals surface area (Å²) >= 11 is 0. The van der Waals surface area contributed by atoms with Gasteiger partial charge in [0.1, 0.15) is 5.75 Å². The van der Waals surface area contributed by atoms with E-state index in [0.29, 0.717) is 13.2 Å². The van der Waals surface area contributed by atoms with Crippen molar-refractivity contribution < 1.29 is 19.4 Å². The first-order chi connectivity index (χ1) is 8.67. The highest BCUT2D eigenvalue weighted by molar-refractivity contribution is 5.85. The predicted molar refractivity (Wildman–Crippen MR) is 69.6 cm³/mol. The first kappa shape index (κ1) is 14.3. The van der Waals surface area contributed by atoms with Gasteiger partial charge in [0.2, 0.25) is 0 Å². The molecular weight excluding hydrogens is 232 g/mol. The minimum atomic E-state index is -0.966. The van der Waals surface area contributed by atoms with Crippen molar-refractivity contribution in [3.05, 3.63) is 35.4 Å². The van der Waals surface area contributed by atoms with E-state index in [1.165, 1.54) is 0 Å². The number of methoxy groups -OCH3 is 1. The van der Waals surface area contributed by atoms with Crippen LogP contribution in [-0.2, 0) is 16.1 Å². The third kappa shape index (κ3) is 4.59. The van der Waals surface area contributed by atoms with Crippen LogP contribution < -0.4 is 4.74 Å². The summed E-state index contributed by atoms with van der Waals surface area (Å²) in [6.45, 7) is 3.17. The zero-order valence-corrected chi connectivity index (χ0v) is 10.7. The topological polar surface area (TPSA) is 55.8 Å². The lowest BCUT2D eigenvalue weighted by Crippen LogP contribution is -1.98. The Labute approximate surface area is 107 Å². The van der Waals surface area contributed by atoms with Gasteiger partial charge in [-0.15, -0.1) is 0 Å². The van der Waals surface area contributed by atoms with E-state index in [4.69, 9.17) is 14.6 Å². The Morgan fingerprint density at radius 3 is 2.83 bits per heavy atom. The van der Waals surface area contributed by atoms with Crippen molar-refractivity contribution in [2.45, 2.75) is 20.0 Å². The molecule has 18 heavy (non-hydrogen) atoms. The van der Waals surface area contributed by atoms with E-state index in [0.717, 1.165) is 29.4 Å². The van der Waals surface area contributed by atoms with Crippen molar-refractivity contribution in [3.63, 3.8) is 0 Å². The third-order valence-electron chi connectivity index (χ3n) is 2.36. The maximum Gasteiger partial charge on any atom is 0.328 e. The van der Waals surface area contributed by atoms with E-state index in [9.17, 15) is 4.79 Å². The van der Waals surface area contributed by atoms with Crippen LogP contribution >= 0.6 is 0 Å². The predicted octanol–water partition coefficient (Wildman–Crippen LogP) is 2.72. The van der Waals surface area contributed by atoms with Gasteiger partial charge in [-0.05, 0) is 35.8 Å². The lowest BCUT2D eigenvalue weighted by Gasteiger charge is -2.09. The molecule has 0 amide bonds. The minimum absolute atomic E-state index is 0.449. The molecule has 1 aromatic carbocycles. The summed E-state index contributed by atoms with van der Waals surface area (Å²) in [5.74, 6) is -0.233. The van der Waals surface area contributed by atoms with Crippen molar-refractivity contribution >= 4 is 12.0 Å². The number of carboxylic acids is 1. The Morgan fingerprint density at radius 1 is 1.44 bits per heavy atom. The van der Waals surface area contributed by atoms with Gasteiger partial charge >= 0.3 is 5.97 Å². The van der Waals surface area contributed by atoms with Crippen molar-refractivity contribution in [3.8, 4) is 5.75 Å². The molecule has 0 unspecified atom stereocenters. The molecule has 4 nitrogen and oxygen atoms in total. The maximum absolute atomic E-state index is 10.5. The van der Waals surface area contributed by atoms with Crippen LogP contribution in [0.4, 0.5) is 0 Å². The van der Waals surface area contributed by atoms with Gasteiger partial charge in [-0.2, -0.15) is 0 Å². The molecule has 0 aliphatic heterocycles. The Morgan fingerprint density at radius 2 is 2.22 bits per heavy atom. The largest absolute Gasteiger partial charge is 0.497 e. The normalized spacial score (nSPS) is 10.8. The van der Waals surface area contributed by atoms with Gasteiger partial charge in [0.25, 0.3) is 0 Å². The zero-order chi connectivity index (χ0) is 13.4. The summed E-state index contributed by atoms with van der Waals surface area (Å²) in [6.07, 6.45) is 3.63. The van der Waals surface area contributed by atoms with E-state index in [1.807, 2.05) is 19.1 Å². The summed E-state index contributed by atoms with van der Waals surface area (Å²) in [6, 6.07) is 5.48. The third-order valence-corrected chi connectivity index (χ3v) is 2.36. The van der Waals surface area contributed by atoms with Crippen molar-refractivity contribution in [1.82, 2.24) is 0 Å². The highest BCUT2D eigenvalue weighted by atomic mass is 16.5. The van der Waals surface area contributed by atoms with Gasteiger partial charge in [-0.3, -0.25) is 0 Å². The molecule has 0 spiro atoms. The number of carbonyl (C=O) groups is 1. The number of rotatable bonds is 7. The smallest absolute Gasteiger partial charge is 0.328 e. The second-order valence-corrected chi connectivity index (χ2v) is 3.79. The zero-order valence-electron chi connectivity index (χ0n) is 10.7. The Bertz CT molecular complexity index is 424. The van der Waals surface area contributed by atoms with Crippen LogP contribution in [0.15, 0.2) is 24.3 Å². The molecule has 0 bridgehead atoms. The standard InChI is InChI=1S/C14H18O4/c1-3-8-18-10-12-9-13(17-2)6-4-11(12)5-7-14(15)16/h4-7,9H,3,8,10H2,1-2H3,(H,15,16). The molecule has 4 heteroatoms. The second kappa shape index (κ2) is 7.50. The van der Waals surface area contributed by atoms with Crippen LogP contribution in [0.25, 0.3) is 6.08 Å². The van der Waals surface area contributed by atoms with Gasteiger partial charge in [-0.25, -0.2) is 4.79 Å². The first-order valence-corrected chi connectivity index (χ1v) is 5.83. The molecule has 0 heterocycles. The molecule has 1 N–H and O–H groups in total. The molecule has 0 aliphatic rings. The minimum Gasteiger partial charge on any atom is -0.497 e. The van der Waals surface area contributed by atoms with Gasteiger partial charge in [0.05, 0.1) is 13.7 Å². The fourth-order valence-corrected chi connectivity index (χ4v) is 1.48. The molecular formula is C14H18O4. The van der Waals surface area contributed by atoms with E-state index >= 15 is 0 Å². The fourth-order valence-electron chi connectivity index (χ4n) is 1.48. The van der Waals surface area contributed by atoms with Gasteiger partial charge in [0, 0.05) is 12.7 Å². The van der Waals surface area contributed by atoms with Crippen molar-refractivity contribution in [1.29, 1.82) is 0 Å². The fraction of sp³-hybridized carbons (Fsp3) is 0.357.